The molecule has 0 radical (unpaired) electrons. The first kappa shape index (κ1) is 20.7. The van der Waals surface area contributed by atoms with Crippen LogP contribution in [0.25, 0.3) is 11.1 Å². The summed E-state index contributed by atoms with van der Waals surface area (Å²) in [6.45, 7) is 4.63. The van der Waals surface area contributed by atoms with Gasteiger partial charge in [0.2, 0.25) is 0 Å². The number of hydrogen-bond acceptors (Lipinski definition) is 5. The third-order valence-corrected chi connectivity index (χ3v) is 6.60. The molecule has 2 aliphatic rings. The predicted molar refractivity (Wildman–Crippen MR) is 131 cm³/mol. The zero-order valence-corrected chi connectivity index (χ0v) is 18.6. The lowest BCUT2D eigenvalue weighted by Crippen LogP contribution is -2.45. The van der Waals surface area contributed by atoms with Gasteiger partial charge < -0.3 is 10.0 Å². The quantitative estimate of drug-likeness (QED) is 0.609. The lowest BCUT2D eigenvalue weighted by atomic mass is 10.0. The Morgan fingerprint density at radius 1 is 0.875 bits per heavy atom. The Hall–Kier alpha value is -3.15. The van der Waals surface area contributed by atoms with E-state index in [1.165, 1.54) is 22.3 Å². The summed E-state index contributed by atoms with van der Waals surface area (Å²) in [5.41, 5.74) is 7.80. The van der Waals surface area contributed by atoms with Gasteiger partial charge in [-0.15, -0.1) is 0 Å². The number of piperazine rings is 1. The van der Waals surface area contributed by atoms with Crippen LogP contribution in [-0.4, -0.2) is 67.6 Å². The highest BCUT2D eigenvalue weighted by Gasteiger charge is 2.33. The van der Waals surface area contributed by atoms with Gasteiger partial charge >= 0.3 is 0 Å². The minimum atomic E-state index is 0.156. The van der Waals surface area contributed by atoms with E-state index in [-0.39, 0.29) is 6.61 Å². The maximum Gasteiger partial charge on any atom is 0.0615 e. The van der Waals surface area contributed by atoms with Crippen LogP contribution < -0.4 is 4.90 Å². The van der Waals surface area contributed by atoms with Gasteiger partial charge in [0.05, 0.1) is 18.9 Å². The normalized spacial score (nSPS) is 16.4. The van der Waals surface area contributed by atoms with Gasteiger partial charge in [-0.3, -0.25) is 9.91 Å². The molecule has 0 atom stereocenters. The Morgan fingerprint density at radius 2 is 1.47 bits per heavy atom. The molecule has 164 valence electrons. The first-order valence-corrected chi connectivity index (χ1v) is 11.4. The number of likely N-dealkylation sites (N-methyl/N-ethyl adjacent to an activating group) is 1. The molecule has 3 aromatic carbocycles. The molecule has 0 aromatic heterocycles. The number of nitrogens with zero attached hydrogens (tertiary/aromatic N) is 4. The van der Waals surface area contributed by atoms with Crippen LogP contribution in [0.3, 0.4) is 0 Å². The molecule has 1 aliphatic carbocycles. The average molecular weight is 427 g/mol. The number of rotatable bonds is 6. The maximum absolute atomic E-state index is 9.09. The third-order valence-electron chi connectivity index (χ3n) is 6.60. The van der Waals surface area contributed by atoms with Crippen molar-refractivity contribution in [2.45, 2.75) is 6.04 Å². The summed E-state index contributed by atoms with van der Waals surface area (Å²) >= 11 is 0. The highest BCUT2D eigenvalue weighted by molar-refractivity contribution is 5.80. The van der Waals surface area contributed by atoms with Crippen LogP contribution >= 0.6 is 0 Å². The highest BCUT2D eigenvalue weighted by atomic mass is 16.3. The molecule has 1 fully saturated rings. The maximum atomic E-state index is 9.09. The standard InChI is InChI=1S/C27H30N4O/c1-29(18-19-32)22-12-10-21(11-13-22)20-28-31-16-14-30(15-17-31)27-25-8-4-2-6-23(25)24-7-3-5-9-26(24)27/h2-13,20,27,32H,14-19H2,1H3/b28-20-. The molecule has 0 saturated carbocycles. The van der Waals surface area contributed by atoms with Crippen LogP contribution in [0.4, 0.5) is 5.69 Å². The molecule has 5 heteroatoms. The minimum absolute atomic E-state index is 0.156. The molecular formula is C27H30N4O. The van der Waals surface area contributed by atoms with Crippen LogP contribution in [0.1, 0.15) is 22.7 Å². The molecule has 1 heterocycles. The van der Waals surface area contributed by atoms with Gasteiger partial charge in [-0.05, 0) is 39.9 Å². The molecule has 5 rings (SSSR count). The van der Waals surface area contributed by atoms with Crippen LogP contribution in [-0.2, 0) is 0 Å². The summed E-state index contributed by atoms with van der Waals surface area (Å²) in [4.78, 5) is 4.64. The van der Waals surface area contributed by atoms with E-state index in [1.807, 2.05) is 18.2 Å². The number of aliphatic hydroxyl groups is 1. The van der Waals surface area contributed by atoms with Crippen molar-refractivity contribution in [3.8, 4) is 11.1 Å². The van der Waals surface area contributed by atoms with Crippen molar-refractivity contribution in [3.63, 3.8) is 0 Å². The second-order valence-electron chi connectivity index (χ2n) is 8.55. The Bertz CT molecular complexity index is 1040. The third kappa shape index (κ3) is 4.01. The molecule has 5 nitrogen and oxygen atoms in total. The van der Waals surface area contributed by atoms with Crippen molar-refractivity contribution < 1.29 is 5.11 Å². The first-order valence-electron chi connectivity index (χ1n) is 11.4. The van der Waals surface area contributed by atoms with Gasteiger partial charge in [-0.1, -0.05) is 60.7 Å². The van der Waals surface area contributed by atoms with E-state index in [2.05, 4.69) is 82.7 Å². The number of anilines is 1. The van der Waals surface area contributed by atoms with E-state index in [4.69, 9.17) is 10.2 Å². The number of fused-ring (bicyclic) bond motifs is 3. The number of hydrazone groups is 1. The van der Waals surface area contributed by atoms with E-state index in [9.17, 15) is 0 Å². The number of hydrogen-bond donors (Lipinski definition) is 1. The fourth-order valence-corrected chi connectivity index (χ4v) is 4.85. The van der Waals surface area contributed by atoms with Gasteiger partial charge in [0.15, 0.2) is 0 Å². The molecule has 0 spiro atoms. The highest BCUT2D eigenvalue weighted by Crippen LogP contribution is 2.46. The molecule has 1 aliphatic heterocycles. The summed E-state index contributed by atoms with van der Waals surface area (Å²) in [5, 5.41) is 16.0. The predicted octanol–water partition coefficient (Wildman–Crippen LogP) is 3.84. The zero-order valence-electron chi connectivity index (χ0n) is 18.6. The van der Waals surface area contributed by atoms with Crippen molar-refractivity contribution >= 4 is 11.9 Å². The van der Waals surface area contributed by atoms with Gasteiger partial charge in [-0.2, -0.15) is 5.10 Å². The average Bonchev–Trinajstić information content (AvgIpc) is 3.18. The van der Waals surface area contributed by atoms with E-state index in [0.29, 0.717) is 12.6 Å². The van der Waals surface area contributed by atoms with Crippen LogP contribution in [0.2, 0.25) is 0 Å². The van der Waals surface area contributed by atoms with Crippen molar-refractivity contribution in [1.29, 1.82) is 0 Å². The molecule has 3 aromatic rings. The second kappa shape index (κ2) is 9.15. The molecule has 1 saturated heterocycles. The van der Waals surface area contributed by atoms with Crippen LogP contribution in [0.15, 0.2) is 77.9 Å². The Balaban J connectivity index is 1.23. The van der Waals surface area contributed by atoms with E-state index in [1.54, 1.807) is 0 Å². The Kier molecular flexibility index (Phi) is 5.93. The van der Waals surface area contributed by atoms with Crippen molar-refractivity contribution in [2.75, 3.05) is 51.3 Å². The summed E-state index contributed by atoms with van der Waals surface area (Å²) < 4.78 is 0. The van der Waals surface area contributed by atoms with E-state index >= 15 is 0 Å². The topological polar surface area (TPSA) is 42.3 Å². The van der Waals surface area contributed by atoms with Crippen molar-refractivity contribution in [2.24, 2.45) is 5.10 Å². The number of benzene rings is 3. The van der Waals surface area contributed by atoms with Gasteiger partial charge in [0.25, 0.3) is 0 Å². The lowest BCUT2D eigenvalue weighted by molar-refractivity contribution is 0.114. The largest absolute Gasteiger partial charge is 0.395 e. The molecule has 1 N–H and O–H groups in total. The lowest BCUT2D eigenvalue weighted by Gasteiger charge is -2.37. The van der Waals surface area contributed by atoms with E-state index < -0.39 is 0 Å². The smallest absolute Gasteiger partial charge is 0.0615 e. The second-order valence-corrected chi connectivity index (χ2v) is 8.55. The van der Waals surface area contributed by atoms with Crippen LogP contribution in [0, 0.1) is 0 Å². The van der Waals surface area contributed by atoms with Gasteiger partial charge in [-0.25, -0.2) is 0 Å². The molecule has 0 bridgehead atoms. The summed E-state index contributed by atoms with van der Waals surface area (Å²) in [5.74, 6) is 0. The monoisotopic (exact) mass is 426 g/mol. The summed E-state index contributed by atoms with van der Waals surface area (Å²) in [7, 11) is 1.99. The summed E-state index contributed by atoms with van der Waals surface area (Å²) in [6.07, 6.45) is 1.95. The Morgan fingerprint density at radius 3 is 2.06 bits per heavy atom. The zero-order chi connectivity index (χ0) is 21.9. The molecular weight excluding hydrogens is 396 g/mol. The van der Waals surface area contributed by atoms with Crippen LogP contribution in [0.5, 0.6) is 0 Å². The fourth-order valence-electron chi connectivity index (χ4n) is 4.85. The number of aliphatic hydroxyl groups excluding tert-OH is 1. The van der Waals surface area contributed by atoms with Gasteiger partial charge in [0.1, 0.15) is 0 Å². The molecule has 0 unspecified atom stereocenters. The molecule has 32 heavy (non-hydrogen) atoms. The summed E-state index contributed by atoms with van der Waals surface area (Å²) in [6, 6.07) is 26.3. The Labute approximate surface area is 190 Å². The van der Waals surface area contributed by atoms with E-state index in [0.717, 1.165) is 37.4 Å². The van der Waals surface area contributed by atoms with Gasteiger partial charge in [0, 0.05) is 45.5 Å². The fraction of sp³-hybridized carbons (Fsp3) is 0.296. The first-order chi connectivity index (χ1) is 15.7. The van der Waals surface area contributed by atoms with Crippen molar-refractivity contribution in [1.82, 2.24) is 9.91 Å². The SMILES string of the molecule is CN(CCO)c1ccc(/C=N\N2CCN(C3c4ccccc4-c4ccccc43)CC2)cc1. The van der Waals surface area contributed by atoms with Crippen molar-refractivity contribution in [3.05, 3.63) is 89.5 Å². The molecule has 0 amide bonds. The minimum Gasteiger partial charge on any atom is -0.395 e.